The molecule has 0 aliphatic rings. The molecule has 0 bridgehead atoms. The average molecular weight is 262 g/mol. The molecule has 19 heavy (non-hydrogen) atoms. The van der Waals surface area contributed by atoms with Crippen LogP contribution in [0.2, 0.25) is 0 Å². The number of guanidine groups is 1. The Balaban J connectivity index is 3.01. The van der Waals surface area contributed by atoms with Gasteiger partial charge in [0, 0.05) is 13.1 Å². The number of carbonyl (C=O) groups excluding carboxylic acids is 1. The molecule has 104 valence electrons. The maximum absolute atomic E-state index is 12.2. The number of para-hydroxylation sites is 1. The Morgan fingerprint density at radius 2 is 1.89 bits per heavy atom. The zero-order valence-corrected chi connectivity index (χ0v) is 12.0. The fourth-order valence-electron chi connectivity index (χ4n) is 2.02. The number of aliphatic imine (C=N–C) groups is 1. The van der Waals surface area contributed by atoms with Gasteiger partial charge in [-0.1, -0.05) is 18.2 Å². The third-order valence-corrected chi connectivity index (χ3v) is 2.83. The molecule has 0 aliphatic carbocycles. The fraction of sp³-hybridized carbons (Fsp3) is 0.429. The lowest BCUT2D eigenvalue weighted by Gasteiger charge is -2.25. The molecule has 0 saturated heterocycles. The van der Waals surface area contributed by atoms with Gasteiger partial charge < -0.3 is 5.73 Å². The number of aryl methyl sites for hydroxylation is 2. The summed E-state index contributed by atoms with van der Waals surface area (Å²) in [5, 5.41) is 2.60. The highest BCUT2D eigenvalue weighted by molar-refractivity contribution is 6.03. The van der Waals surface area contributed by atoms with E-state index in [-0.39, 0.29) is 12.0 Å². The van der Waals surface area contributed by atoms with Crippen molar-refractivity contribution in [1.82, 2.24) is 5.32 Å². The number of carbonyl (C=O) groups is 1. The normalized spacial score (nSPS) is 11.3. The summed E-state index contributed by atoms with van der Waals surface area (Å²) < 4.78 is 0. The molecule has 0 unspecified atom stereocenters. The lowest BCUT2D eigenvalue weighted by molar-refractivity contribution is 0.250. The predicted octanol–water partition coefficient (Wildman–Crippen LogP) is 2.17. The fourth-order valence-corrected chi connectivity index (χ4v) is 2.02. The van der Waals surface area contributed by atoms with Crippen LogP contribution < -0.4 is 16.0 Å². The minimum absolute atomic E-state index is 0.150. The molecule has 5 nitrogen and oxygen atoms in total. The van der Waals surface area contributed by atoms with Crippen LogP contribution in [0, 0.1) is 13.8 Å². The van der Waals surface area contributed by atoms with Crippen LogP contribution in [0.4, 0.5) is 10.5 Å². The Bertz CT molecular complexity index is 462. The summed E-state index contributed by atoms with van der Waals surface area (Å²) in [4.78, 5) is 17.8. The largest absolute Gasteiger partial charge is 0.370 e. The number of nitrogens with one attached hydrogen (secondary N) is 1. The summed E-state index contributed by atoms with van der Waals surface area (Å²) >= 11 is 0. The smallest absolute Gasteiger partial charge is 0.328 e. The molecule has 0 spiro atoms. The van der Waals surface area contributed by atoms with Crippen molar-refractivity contribution in [3.8, 4) is 0 Å². The number of hydrogen-bond acceptors (Lipinski definition) is 2. The van der Waals surface area contributed by atoms with Gasteiger partial charge in [-0.25, -0.2) is 4.79 Å². The SMILES string of the molecule is CCN=C(N)NC(=O)N(CC)c1c(C)cccc1C. The van der Waals surface area contributed by atoms with Crippen LogP contribution in [0.15, 0.2) is 23.2 Å². The summed E-state index contributed by atoms with van der Waals surface area (Å²) in [5.41, 5.74) is 8.66. The molecule has 5 heteroatoms. The van der Waals surface area contributed by atoms with E-state index in [2.05, 4.69) is 10.3 Å². The Hall–Kier alpha value is -2.04. The molecular formula is C14H22N4O. The van der Waals surface area contributed by atoms with Crippen LogP contribution >= 0.6 is 0 Å². The Morgan fingerprint density at radius 1 is 1.32 bits per heavy atom. The van der Waals surface area contributed by atoms with Gasteiger partial charge in [0.25, 0.3) is 0 Å². The average Bonchev–Trinajstić information content (AvgIpc) is 2.34. The summed E-state index contributed by atoms with van der Waals surface area (Å²) in [6.07, 6.45) is 0. The third kappa shape index (κ3) is 3.71. The second-order valence-corrected chi connectivity index (χ2v) is 4.27. The van der Waals surface area contributed by atoms with E-state index in [1.807, 2.05) is 45.9 Å². The first kappa shape index (κ1) is 15.0. The Morgan fingerprint density at radius 3 is 2.37 bits per heavy atom. The number of benzene rings is 1. The van der Waals surface area contributed by atoms with Crippen molar-refractivity contribution in [2.45, 2.75) is 27.7 Å². The maximum atomic E-state index is 12.2. The second kappa shape index (κ2) is 6.78. The zero-order chi connectivity index (χ0) is 14.4. The number of urea groups is 1. The third-order valence-electron chi connectivity index (χ3n) is 2.83. The van der Waals surface area contributed by atoms with E-state index in [0.717, 1.165) is 16.8 Å². The molecule has 1 aromatic carbocycles. The van der Waals surface area contributed by atoms with E-state index in [4.69, 9.17) is 5.73 Å². The quantitative estimate of drug-likeness (QED) is 0.647. The molecule has 2 amide bonds. The lowest BCUT2D eigenvalue weighted by Crippen LogP contribution is -2.46. The van der Waals surface area contributed by atoms with Crippen molar-refractivity contribution < 1.29 is 4.79 Å². The first-order valence-electron chi connectivity index (χ1n) is 6.45. The van der Waals surface area contributed by atoms with E-state index in [1.165, 1.54) is 0 Å². The molecule has 1 rings (SSSR count). The number of hydrogen-bond donors (Lipinski definition) is 2. The predicted molar refractivity (Wildman–Crippen MR) is 79.6 cm³/mol. The van der Waals surface area contributed by atoms with E-state index in [1.54, 1.807) is 4.90 Å². The number of anilines is 1. The van der Waals surface area contributed by atoms with Crippen LogP contribution in [0.5, 0.6) is 0 Å². The number of nitrogens with two attached hydrogens (primary N) is 1. The molecule has 3 N–H and O–H groups in total. The van der Waals surface area contributed by atoms with Gasteiger partial charge in [-0.15, -0.1) is 0 Å². The van der Waals surface area contributed by atoms with Gasteiger partial charge in [0.15, 0.2) is 5.96 Å². The standard InChI is InChI=1S/C14H22N4O/c1-5-16-13(15)17-14(19)18(6-2)12-10(3)8-7-9-11(12)4/h7-9H,5-6H2,1-4H3,(H3,15,16,17,19). The topological polar surface area (TPSA) is 70.7 Å². The van der Waals surface area contributed by atoms with Gasteiger partial charge >= 0.3 is 6.03 Å². The summed E-state index contributed by atoms with van der Waals surface area (Å²) in [7, 11) is 0. The molecule has 0 saturated carbocycles. The monoisotopic (exact) mass is 262 g/mol. The summed E-state index contributed by atoms with van der Waals surface area (Å²) in [6.45, 7) is 8.88. The van der Waals surface area contributed by atoms with Gasteiger partial charge in [-0.2, -0.15) is 0 Å². The Labute approximate surface area is 114 Å². The van der Waals surface area contributed by atoms with Gasteiger partial charge in [0.2, 0.25) is 0 Å². The highest BCUT2D eigenvalue weighted by Gasteiger charge is 2.18. The molecule has 0 aliphatic heterocycles. The van der Waals surface area contributed by atoms with E-state index in [9.17, 15) is 4.79 Å². The van der Waals surface area contributed by atoms with Gasteiger partial charge in [0.1, 0.15) is 0 Å². The number of rotatable bonds is 3. The summed E-state index contributed by atoms with van der Waals surface area (Å²) in [6, 6.07) is 5.70. The highest BCUT2D eigenvalue weighted by atomic mass is 16.2. The van der Waals surface area contributed by atoms with Crippen LogP contribution in [0.1, 0.15) is 25.0 Å². The van der Waals surface area contributed by atoms with Gasteiger partial charge in [-0.3, -0.25) is 15.2 Å². The second-order valence-electron chi connectivity index (χ2n) is 4.27. The number of amides is 2. The van der Waals surface area contributed by atoms with Crippen molar-refractivity contribution in [3.63, 3.8) is 0 Å². The van der Waals surface area contributed by atoms with Crippen LogP contribution in [-0.2, 0) is 0 Å². The minimum atomic E-state index is -0.255. The molecule has 0 radical (unpaired) electrons. The molecule has 0 aromatic heterocycles. The van der Waals surface area contributed by atoms with Crippen molar-refractivity contribution in [3.05, 3.63) is 29.3 Å². The van der Waals surface area contributed by atoms with Crippen LogP contribution in [-0.4, -0.2) is 25.1 Å². The van der Waals surface area contributed by atoms with E-state index in [0.29, 0.717) is 13.1 Å². The van der Waals surface area contributed by atoms with Gasteiger partial charge in [0.05, 0.1) is 5.69 Å². The molecule has 0 heterocycles. The van der Waals surface area contributed by atoms with Gasteiger partial charge in [-0.05, 0) is 38.8 Å². The molecule has 1 aromatic rings. The maximum Gasteiger partial charge on any atom is 0.328 e. The highest BCUT2D eigenvalue weighted by Crippen LogP contribution is 2.24. The van der Waals surface area contributed by atoms with Crippen molar-refractivity contribution in [1.29, 1.82) is 0 Å². The van der Waals surface area contributed by atoms with Crippen molar-refractivity contribution >= 4 is 17.7 Å². The van der Waals surface area contributed by atoms with Crippen molar-refractivity contribution in [2.24, 2.45) is 10.7 Å². The molecule has 0 atom stereocenters. The zero-order valence-electron chi connectivity index (χ0n) is 12.0. The van der Waals surface area contributed by atoms with Crippen LogP contribution in [0.25, 0.3) is 0 Å². The van der Waals surface area contributed by atoms with E-state index >= 15 is 0 Å². The first-order chi connectivity index (χ1) is 9.01. The van der Waals surface area contributed by atoms with Crippen LogP contribution in [0.3, 0.4) is 0 Å². The first-order valence-corrected chi connectivity index (χ1v) is 6.45. The summed E-state index contributed by atoms with van der Waals surface area (Å²) in [5.74, 6) is 0.150. The lowest BCUT2D eigenvalue weighted by atomic mass is 10.1. The Kier molecular flexibility index (Phi) is 5.36. The minimum Gasteiger partial charge on any atom is -0.370 e. The van der Waals surface area contributed by atoms with Crippen molar-refractivity contribution in [2.75, 3.05) is 18.0 Å². The molecule has 0 fully saturated rings. The van der Waals surface area contributed by atoms with E-state index < -0.39 is 0 Å². The number of nitrogens with zero attached hydrogens (tertiary/aromatic N) is 2. The molecular weight excluding hydrogens is 240 g/mol.